The van der Waals surface area contributed by atoms with E-state index in [9.17, 15) is 4.79 Å². The number of aromatic nitrogens is 2. The molecule has 0 saturated heterocycles. The number of carbonyl (C=O) groups excluding carboxylic acids is 1. The van der Waals surface area contributed by atoms with Gasteiger partial charge >= 0.3 is 0 Å². The molecule has 22 heavy (non-hydrogen) atoms. The fraction of sp³-hybridized carbons (Fsp3) is 0.312. The Hall–Kier alpha value is -1.79. The molecule has 0 spiro atoms. The first-order valence-electron chi connectivity index (χ1n) is 7.12. The third-order valence-corrected chi connectivity index (χ3v) is 3.98. The van der Waals surface area contributed by atoms with E-state index in [0.717, 1.165) is 12.0 Å². The van der Waals surface area contributed by atoms with E-state index in [4.69, 9.17) is 4.74 Å². The van der Waals surface area contributed by atoms with Gasteiger partial charge in [-0.1, -0.05) is 30.3 Å². The number of amides is 1. The van der Waals surface area contributed by atoms with Gasteiger partial charge in [-0.05, 0) is 33.8 Å². The van der Waals surface area contributed by atoms with Gasteiger partial charge in [0.2, 0.25) is 5.91 Å². The molecule has 1 aromatic heterocycles. The normalized spacial score (nSPS) is 19.7. The molecule has 2 aromatic rings. The van der Waals surface area contributed by atoms with Gasteiger partial charge in [-0.25, -0.2) is 9.97 Å². The number of hydrogen-bond donors (Lipinski definition) is 1. The standard InChI is InChI=1S/C16H16BrN3O2/c17-14-7-19-15(8-18-14)20-16(21)13-6-12(13)10-22-9-11-4-2-1-3-5-11/h1-5,7-8,12-13H,6,9-10H2,(H,19,20,21)/t12-,13-/m0/s1. The molecule has 1 aliphatic rings. The van der Waals surface area contributed by atoms with Gasteiger partial charge in [0.15, 0.2) is 5.82 Å². The van der Waals surface area contributed by atoms with E-state index in [1.807, 2.05) is 30.3 Å². The lowest BCUT2D eigenvalue weighted by Gasteiger charge is -2.05. The lowest BCUT2D eigenvalue weighted by molar-refractivity contribution is -0.117. The van der Waals surface area contributed by atoms with Crippen LogP contribution in [-0.2, 0) is 16.1 Å². The number of halogens is 1. The SMILES string of the molecule is O=C(Nc1cnc(Br)cn1)[C@H]1C[C@H]1COCc1ccccc1. The zero-order valence-electron chi connectivity index (χ0n) is 11.9. The van der Waals surface area contributed by atoms with Crippen LogP contribution in [0.25, 0.3) is 0 Å². The summed E-state index contributed by atoms with van der Waals surface area (Å²) in [6, 6.07) is 10.0. The number of nitrogens with zero attached hydrogens (tertiary/aromatic N) is 2. The molecule has 1 aromatic carbocycles. The van der Waals surface area contributed by atoms with Crippen LogP contribution in [0, 0.1) is 11.8 Å². The molecule has 0 radical (unpaired) electrons. The van der Waals surface area contributed by atoms with Crippen molar-refractivity contribution in [2.45, 2.75) is 13.0 Å². The Morgan fingerprint density at radius 2 is 2.09 bits per heavy atom. The second-order valence-corrected chi connectivity index (χ2v) is 6.13. The van der Waals surface area contributed by atoms with Crippen molar-refractivity contribution >= 4 is 27.7 Å². The lowest BCUT2D eigenvalue weighted by Crippen LogP contribution is -2.16. The third kappa shape index (κ3) is 4.11. The highest BCUT2D eigenvalue weighted by molar-refractivity contribution is 9.10. The highest BCUT2D eigenvalue weighted by atomic mass is 79.9. The van der Waals surface area contributed by atoms with Gasteiger partial charge < -0.3 is 10.1 Å². The minimum Gasteiger partial charge on any atom is -0.376 e. The summed E-state index contributed by atoms with van der Waals surface area (Å²) in [5.41, 5.74) is 1.15. The van der Waals surface area contributed by atoms with Gasteiger partial charge in [-0.3, -0.25) is 4.79 Å². The summed E-state index contributed by atoms with van der Waals surface area (Å²) in [5.74, 6) is 0.780. The van der Waals surface area contributed by atoms with Gasteiger partial charge in [-0.15, -0.1) is 0 Å². The Morgan fingerprint density at radius 3 is 2.82 bits per heavy atom. The van der Waals surface area contributed by atoms with E-state index in [-0.39, 0.29) is 11.8 Å². The largest absolute Gasteiger partial charge is 0.376 e. The van der Waals surface area contributed by atoms with Crippen LogP contribution in [0.2, 0.25) is 0 Å². The number of nitrogens with one attached hydrogen (secondary N) is 1. The monoisotopic (exact) mass is 361 g/mol. The number of rotatable bonds is 6. The second kappa shape index (κ2) is 6.98. The molecule has 1 heterocycles. The van der Waals surface area contributed by atoms with Crippen LogP contribution < -0.4 is 5.32 Å². The van der Waals surface area contributed by atoms with Crippen LogP contribution in [0.4, 0.5) is 5.82 Å². The molecule has 3 rings (SSSR count). The van der Waals surface area contributed by atoms with Gasteiger partial charge in [0.25, 0.3) is 0 Å². The fourth-order valence-electron chi connectivity index (χ4n) is 2.25. The number of hydrogen-bond acceptors (Lipinski definition) is 4. The van der Waals surface area contributed by atoms with Crippen LogP contribution in [0.5, 0.6) is 0 Å². The average molecular weight is 362 g/mol. The van der Waals surface area contributed by atoms with E-state index in [1.54, 1.807) is 6.20 Å². The van der Waals surface area contributed by atoms with Gasteiger partial charge in [0.05, 0.1) is 25.6 Å². The van der Waals surface area contributed by atoms with Gasteiger partial charge in [-0.2, -0.15) is 0 Å². The van der Waals surface area contributed by atoms with E-state index in [1.165, 1.54) is 6.20 Å². The molecule has 0 unspecified atom stereocenters. The quantitative estimate of drug-likeness (QED) is 0.858. The van der Waals surface area contributed by atoms with Crippen molar-refractivity contribution in [1.29, 1.82) is 0 Å². The summed E-state index contributed by atoms with van der Waals surface area (Å²) in [5, 5.41) is 2.78. The highest BCUT2D eigenvalue weighted by Crippen LogP contribution is 2.39. The van der Waals surface area contributed by atoms with E-state index in [0.29, 0.717) is 29.6 Å². The summed E-state index contributed by atoms with van der Waals surface area (Å²) in [7, 11) is 0. The second-order valence-electron chi connectivity index (χ2n) is 5.32. The summed E-state index contributed by atoms with van der Waals surface area (Å²) < 4.78 is 6.32. The zero-order valence-corrected chi connectivity index (χ0v) is 13.5. The van der Waals surface area contributed by atoms with Crippen molar-refractivity contribution in [2.75, 3.05) is 11.9 Å². The predicted molar refractivity (Wildman–Crippen MR) is 86.1 cm³/mol. The molecule has 6 heteroatoms. The number of carbonyl (C=O) groups is 1. The molecule has 2 atom stereocenters. The number of anilines is 1. The summed E-state index contributed by atoms with van der Waals surface area (Å²) in [6.45, 7) is 1.20. The molecular formula is C16H16BrN3O2. The minimum absolute atomic E-state index is 0.00932. The molecule has 0 bridgehead atoms. The first-order valence-corrected chi connectivity index (χ1v) is 7.92. The summed E-state index contributed by atoms with van der Waals surface area (Å²) >= 11 is 3.21. The maximum atomic E-state index is 12.1. The molecule has 0 aliphatic heterocycles. The molecule has 1 saturated carbocycles. The fourth-order valence-corrected chi connectivity index (χ4v) is 2.46. The van der Waals surface area contributed by atoms with Crippen molar-refractivity contribution in [1.82, 2.24) is 9.97 Å². The average Bonchev–Trinajstić information content (AvgIpc) is 3.30. The Kier molecular flexibility index (Phi) is 4.80. The van der Waals surface area contributed by atoms with E-state index >= 15 is 0 Å². The van der Waals surface area contributed by atoms with Crippen LogP contribution in [0.1, 0.15) is 12.0 Å². The molecule has 1 aliphatic carbocycles. The third-order valence-electron chi connectivity index (χ3n) is 3.57. The van der Waals surface area contributed by atoms with Crippen molar-refractivity contribution in [3.63, 3.8) is 0 Å². The summed E-state index contributed by atoms with van der Waals surface area (Å²) in [6.07, 6.45) is 3.96. The van der Waals surface area contributed by atoms with Crippen molar-refractivity contribution in [3.8, 4) is 0 Å². The Labute approximate surface area is 137 Å². The van der Waals surface area contributed by atoms with Gasteiger partial charge in [0.1, 0.15) is 4.60 Å². The zero-order chi connectivity index (χ0) is 15.4. The smallest absolute Gasteiger partial charge is 0.229 e. The minimum atomic E-state index is -0.00932. The maximum absolute atomic E-state index is 12.1. The molecule has 114 valence electrons. The van der Waals surface area contributed by atoms with Crippen molar-refractivity contribution in [2.24, 2.45) is 11.8 Å². The van der Waals surface area contributed by atoms with Gasteiger partial charge in [0, 0.05) is 5.92 Å². The topological polar surface area (TPSA) is 64.1 Å². The first kappa shape index (κ1) is 15.1. The van der Waals surface area contributed by atoms with Crippen LogP contribution in [-0.4, -0.2) is 22.5 Å². The van der Waals surface area contributed by atoms with Crippen molar-refractivity contribution in [3.05, 3.63) is 52.9 Å². The number of ether oxygens (including phenoxy) is 1. The Morgan fingerprint density at radius 1 is 1.27 bits per heavy atom. The van der Waals surface area contributed by atoms with Crippen LogP contribution in [0.3, 0.4) is 0 Å². The first-order chi connectivity index (χ1) is 10.7. The molecule has 1 N–H and O–H groups in total. The Balaban J connectivity index is 1.40. The predicted octanol–water partition coefficient (Wildman–Crippen LogP) is 3.03. The van der Waals surface area contributed by atoms with Crippen LogP contribution >= 0.6 is 15.9 Å². The molecular weight excluding hydrogens is 346 g/mol. The van der Waals surface area contributed by atoms with E-state index in [2.05, 4.69) is 31.2 Å². The Bertz CT molecular complexity index is 634. The lowest BCUT2D eigenvalue weighted by atomic mass is 10.2. The highest BCUT2D eigenvalue weighted by Gasteiger charge is 2.43. The molecule has 5 nitrogen and oxygen atoms in total. The van der Waals surface area contributed by atoms with E-state index < -0.39 is 0 Å². The molecule has 1 amide bonds. The molecule has 1 fully saturated rings. The number of benzene rings is 1. The van der Waals surface area contributed by atoms with Crippen LogP contribution in [0.15, 0.2) is 47.3 Å². The van der Waals surface area contributed by atoms with Crippen molar-refractivity contribution < 1.29 is 9.53 Å². The maximum Gasteiger partial charge on any atom is 0.229 e. The summed E-state index contributed by atoms with van der Waals surface area (Å²) in [4.78, 5) is 20.2.